The van der Waals surface area contributed by atoms with Crippen LogP contribution >= 0.6 is 11.6 Å². The van der Waals surface area contributed by atoms with Crippen LogP contribution in [0.2, 0.25) is 5.02 Å². The zero-order valence-electron chi connectivity index (χ0n) is 14.7. The third-order valence-electron chi connectivity index (χ3n) is 3.87. The minimum absolute atomic E-state index is 0.0994. The predicted octanol–water partition coefficient (Wildman–Crippen LogP) is 3.44. The second-order valence-corrected chi connectivity index (χ2v) is 5.98. The summed E-state index contributed by atoms with van der Waals surface area (Å²) < 4.78 is 10.5. The monoisotopic (exact) mass is 362 g/mol. The van der Waals surface area contributed by atoms with Crippen molar-refractivity contribution in [3.8, 4) is 11.5 Å². The van der Waals surface area contributed by atoms with Gasteiger partial charge in [-0.25, -0.2) is 0 Å². The maximum atomic E-state index is 12.0. The molecule has 0 fully saturated rings. The number of amides is 1. The second-order valence-electron chi connectivity index (χ2n) is 5.58. The van der Waals surface area contributed by atoms with E-state index in [0.717, 1.165) is 23.2 Å². The summed E-state index contributed by atoms with van der Waals surface area (Å²) in [6.07, 6.45) is 0.782. The van der Waals surface area contributed by atoms with Crippen LogP contribution in [0.4, 0.5) is 5.69 Å². The molecule has 2 aromatic rings. The first-order chi connectivity index (χ1) is 12.0. The summed E-state index contributed by atoms with van der Waals surface area (Å²) in [6.45, 7) is 2.79. The second kappa shape index (κ2) is 9.30. The smallest absolute Gasteiger partial charge is 0.238 e. The van der Waals surface area contributed by atoms with Crippen molar-refractivity contribution in [3.63, 3.8) is 0 Å². The van der Waals surface area contributed by atoms with E-state index in [2.05, 4.69) is 10.6 Å². The average molecular weight is 363 g/mol. The van der Waals surface area contributed by atoms with Gasteiger partial charge in [0.05, 0.1) is 20.8 Å². The van der Waals surface area contributed by atoms with Crippen molar-refractivity contribution in [1.82, 2.24) is 5.32 Å². The molecule has 0 heterocycles. The Morgan fingerprint density at radius 2 is 1.88 bits per heavy atom. The first-order valence-corrected chi connectivity index (χ1v) is 8.39. The number of carbonyl (C=O) groups is 1. The largest absolute Gasteiger partial charge is 0.493 e. The topological polar surface area (TPSA) is 59.6 Å². The van der Waals surface area contributed by atoms with E-state index >= 15 is 0 Å². The highest BCUT2D eigenvalue weighted by molar-refractivity contribution is 6.31. The minimum Gasteiger partial charge on any atom is -0.493 e. The van der Waals surface area contributed by atoms with E-state index in [1.165, 1.54) is 0 Å². The lowest BCUT2D eigenvalue weighted by Crippen LogP contribution is -2.29. The van der Waals surface area contributed by atoms with Gasteiger partial charge in [0.15, 0.2) is 11.5 Å². The minimum atomic E-state index is -0.0994. The molecular formula is C19H23ClN2O3. The lowest BCUT2D eigenvalue weighted by atomic mass is 10.1. The molecule has 0 radical (unpaired) electrons. The molecule has 134 valence electrons. The van der Waals surface area contributed by atoms with E-state index in [-0.39, 0.29) is 12.5 Å². The van der Waals surface area contributed by atoms with Gasteiger partial charge in [0.1, 0.15) is 0 Å². The molecule has 1 amide bonds. The molecule has 0 atom stereocenters. The van der Waals surface area contributed by atoms with Crippen LogP contribution in [-0.2, 0) is 11.2 Å². The van der Waals surface area contributed by atoms with Crippen molar-refractivity contribution in [2.45, 2.75) is 13.3 Å². The van der Waals surface area contributed by atoms with Crippen LogP contribution in [0.1, 0.15) is 11.1 Å². The van der Waals surface area contributed by atoms with Crippen molar-refractivity contribution in [2.24, 2.45) is 0 Å². The Balaban J connectivity index is 1.79. The standard InChI is InChI=1S/C19H23ClN2O3/c1-13-15(20)5-4-6-16(13)22-19(23)12-21-10-9-14-7-8-17(24-2)18(11-14)25-3/h4-8,11,21H,9-10,12H2,1-3H3,(H,22,23). The summed E-state index contributed by atoms with van der Waals surface area (Å²) in [5.41, 5.74) is 2.71. The Kier molecular flexibility index (Phi) is 7.10. The summed E-state index contributed by atoms with van der Waals surface area (Å²) in [6, 6.07) is 11.3. The van der Waals surface area contributed by atoms with Crippen LogP contribution in [-0.4, -0.2) is 33.2 Å². The van der Waals surface area contributed by atoms with Crippen molar-refractivity contribution in [1.29, 1.82) is 0 Å². The van der Waals surface area contributed by atoms with Gasteiger partial charge in [-0.3, -0.25) is 4.79 Å². The molecule has 5 nitrogen and oxygen atoms in total. The first kappa shape index (κ1) is 19.1. The molecule has 0 aromatic heterocycles. The molecular weight excluding hydrogens is 340 g/mol. The number of halogens is 1. The summed E-state index contributed by atoms with van der Waals surface area (Å²) in [5.74, 6) is 1.31. The number of nitrogens with one attached hydrogen (secondary N) is 2. The summed E-state index contributed by atoms with van der Waals surface area (Å²) in [4.78, 5) is 12.0. The Morgan fingerprint density at radius 1 is 1.12 bits per heavy atom. The van der Waals surface area contributed by atoms with E-state index in [1.807, 2.05) is 37.3 Å². The maximum absolute atomic E-state index is 12.0. The normalized spacial score (nSPS) is 10.4. The Labute approximate surface area is 153 Å². The van der Waals surface area contributed by atoms with Gasteiger partial charge in [0.2, 0.25) is 5.91 Å². The number of hydrogen-bond donors (Lipinski definition) is 2. The van der Waals surface area contributed by atoms with E-state index in [0.29, 0.717) is 23.1 Å². The molecule has 6 heteroatoms. The zero-order chi connectivity index (χ0) is 18.2. The molecule has 2 rings (SSSR count). The highest BCUT2D eigenvalue weighted by atomic mass is 35.5. The summed E-state index contributed by atoms with van der Waals surface area (Å²) in [5, 5.41) is 6.64. The van der Waals surface area contributed by atoms with Crippen molar-refractivity contribution in [3.05, 3.63) is 52.5 Å². The molecule has 0 spiro atoms. The lowest BCUT2D eigenvalue weighted by Gasteiger charge is -2.11. The van der Waals surface area contributed by atoms with Gasteiger partial charge in [-0.2, -0.15) is 0 Å². The number of benzene rings is 2. The highest BCUT2D eigenvalue weighted by Crippen LogP contribution is 2.27. The van der Waals surface area contributed by atoms with Gasteiger partial charge >= 0.3 is 0 Å². The fourth-order valence-corrected chi connectivity index (χ4v) is 2.58. The van der Waals surface area contributed by atoms with Gasteiger partial charge in [0, 0.05) is 10.7 Å². The van der Waals surface area contributed by atoms with E-state index in [9.17, 15) is 4.79 Å². The van der Waals surface area contributed by atoms with E-state index in [1.54, 1.807) is 20.3 Å². The van der Waals surface area contributed by atoms with Crippen LogP contribution in [0.5, 0.6) is 11.5 Å². The lowest BCUT2D eigenvalue weighted by molar-refractivity contribution is -0.115. The summed E-state index contributed by atoms with van der Waals surface area (Å²) >= 11 is 6.05. The molecule has 25 heavy (non-hydrogen) atoms. The molecule has 0 bridgehead atoms. The van der Waals surface area contributed by atoms with Crippen LogP contribution < -0.4 is 20.1 Å². The van der Waals surface area contributed by atoms with Gasteiger partial charge in [0.25, 0.3) is 0 Å². The van der Waals surface area contributed by atoms with Gasteiger partial charge in [-0.1, -0.05) is 23.7 Å². The van der Waals surface area contributed by atoms with Gasteiger partial charge in [-0.05, 0) is 55.3 Å². The number of carbonyl (C=O) groups excluding carboxylic acids is 1. The molecule has 0 aliphatic carbocycles. The highest BCUT2D eigenvalue weighted by Gasteiger charge is 2.07. The Morgan fingerprint density at radius 3 is 2.60 bits per heavy atom. The molecule has 2 aromatic carbocycles. The molecule has 0 unspecified atom stereocenters. The number of methoxy groups -OCH3 is 2. The van der Waals surface area contributed by atoms with E-state index in [4.69, 9.17) is 21.1 Å². The number of rotatable bonds is 8. The zero-order valence-corrected chi connectivity index (χ0v) is 15.4. The molecule has 0 saturated heterocycles. The predicted molar refractivity (Wildman–Crippen MR) is 101 cm³/mol. The fraction of sp³-hybridized carbons (Fsp3) is 0.316. The van der Waals surface area contributed by atoms with Crippen molar-refractivity contribution < 1.29 is 14.3 Å². The average Bonchev–Trinajstić information content (AvgIpc) is 2.62. The fourth-order valence-electron chi connectivity index (χ4n) is 2.41. The molecule has 0 aliphatic rings. The number of hydrogen-bond acceptors (Lipinski definition) is 4. The maximum Gasteiger partial charge on any atom is 0.238 e. The SMILES string of the molecule is COc1ccc(CCNCC(=O)Nc2cccc(Cl)c2C)cc1OC. The molecule has 2 N–H and O–H groups in total. The summed E-state index contributed by atoms with van der Waals surface area (Å²) in [7, 11) is 3.22. The van der Waals surface area contributed by atoms with E-state index < -0.39 is 0 Å². The van der Waals surface area contributed by atoms with Crippen molar-refractivity contribution in [2.75, 3.05) is 32.6 Å². The van der Waals surface area contributed by atoms with Crippen molar-refractivity contribution >= 4 is 23.2 Å². The van der Waals surface area contributed by atoms with Crippen LogP contribution in [0.15, 0.2) is 36.4 Å². The van der Waals surface area contributed by atoms with Gasteiger partial charge < -0.3 is 20.1 Å². The number of anilines is 1. The third-order valence-corrected chi connectivity index (χ3v) is 4.28. The number of ether oxygens (including phenoxy) is 2. The van der Waals surface area contributed by atoms with Gasteiger partial charge in [-0.15, -0.1) is 0 Å². The third kappa shape index (κ3) is 5.37. The van der Waals surface area contributed by atoms with Crippen LogP contribution in [0.3, 0.4) is 0 Å². The Hall–Kier alpha value is -2.24. The Bertz CT molecular complexity index is 735. The molecule has 0 aliphatic heterocycles. The quantitative estimate of drug-likeness (QED) is 0.706. The van der Waals surface area contributed by atoms with Crippen LogP contribution in [0, 0.1) is 6.92 Å². The van der Waals surface area contributed by atoms with Crippen LogP contribution in [0.25, 0.3) is 0 Å². The molecule has 0 saturated carbocycles. The first-order valence-electron chi connectivity index (χ1n) is 8.01.